The smallest absolute Gasteiger partial charge is 0.142 e. The fraction of sp³-hybridized carbons (Fsp3) is 0.571. The largest absolute Gasteiger partial charge is 0.299 e. The first kappa shape index (κ1) is 7.41. The van der Waals surface area contributed by atoms with Crippen molar-refractivity contribution in [1.82, 2.24) is 0 Å². The van der Waals surface area contributed by atoms with Crippen LogP contribution in [0, 0.1) is 0 Å². The fourth-order valence-electron chi connectivity index (χ4n) is 0.582. The lowest BCUT2D eigenvalue weighted by atomic mass is 10.1. The summed E-state index contributed by atoms with van der Waals surface area (Å²) >= 11 is 0. The molecule has 0 atom stereocenters. The van der Waals surface area contributed by atoms with Crippen LogP contribution in [0.3, 0.4) is 0 Å². The van der Waals surface area contributed by atoms with E-state index in [9.17, 15) is 4.79 Å². The highest BCUT2D eigenvalue weighted by Gasteiger charge is 1.84. The summed E-state index contributed by atoms with van der Waals surface area (Å²) < 4.78 is 0. The van der Waals surface area contributed by atoms with E-state index in [0.717, 1.165) is 19.1 Å². The van der Waals surface area contributed by atoms with Gasteiger partial charge in [-0.25, -0.2) is 0 Å². The number of allylic oxidation sites excluding steroid dienone is 2. The number of carbonyl (C=O) groups excluding carboxylic acids is 1. The van der Waals surface area contributed by atoms with Crippen LogP contribution in [0.4, 0.5) is 0 Å². The maximum Gasteiger partial charge on any atom is 0.142 e. The minimum atomic E-state index is 0.850. The highest BCUT2D eigenvalue weighted by atomic mass is 16.1. The van der Waals surface area contributed by atoms with E-state index in [0.29, 0.717) is 0 Å². The van der Waals surface area contributed by atoms with Crippen LogP contribution in [-0.2, 0) is 4.79 Å². The Labute approximate surface area is 50.4 Å². The lowest BCUT2D eigenvalue weighted by molar-refractivity contribution is -0.104. The topological polar surface area (TPSA) is 17.1 Å². The number of carbonyl (C=O) groups is 1. The van der Waals surface area contributed by atoms with Gasteiger partial charge < -0.3 is 0 Å². The normalized spacial score (nSPS) is 8.25. The van der Waals surface area contributed by atoms with Crippen molar-refractivity contribution in [3.8, 4) is 0 Å². The zero-order chi connectivity index (χ0) is 6.41. The van der Waals surface area contributed by atoms with Crippen molar-refractivity contribution in [3.63, 3.8) is 0 Å². The van der Waals surface area contributed by atoms with Crippen LogP contribution in [0.25, 0.3) is 0 Å². The molecule has 0 saturated carbocycles. The molecule has 0 fully saturated rings. The SMILES string of the molecule is CCC(=CC=O)CC. The van der Waals surface area contributed by atoms with Crippen LogP contribution in [0.5, 0.6) is 0 Å². The van der Waals surface area contributed by atoms with Gasteiger partial charge in [0.05, 0.1) is 0 Å². The molecule has 0 amide bonds. The Morgan fingerprint density at radius 3 is 2.00 bits per heavy atom. The van der Waals surface area contributed by atoms with Gasteiger partial charge in [0.1, 0.15) is 6.29 Å². The highest BCUT2D eigenvalue weighted by Crippen LogP contribution is 2.02. The fourth-order valence-corrected chi connectivity index (χ4v) is 0.582. The standard InChI is InChI=1S/C7H12O/c1-3-7(4-2)5-6-8/h5-6H,3-4H2,1-2H3. The quantitative estimate of drug-likeness (QED) is 0.402. The Morgan fingerprint density at radius 1 is 1.38 bits per heavy atom. The minimum absolute atomic E-state index is 0.850. The van der Waals surface area contributed by atoms with Crippen LogP contribution in [0.15, 0.2) is 11.6 Å². The second-order valence-electron chi connectivity index (χ2n) is 1.67. The Kier molecular flexibility index (Phi) is 4.23. The lowest BCUT2D eigenvalue weighted by Gasteiger charge is -1.92. The minimum Gasteiger partial charge on any atom is -0.299 e. The molecule has 0 aromatic carbocycles. The van der Waals surface area contributed by atoms with E-state index in [2.05, 4.69) is 13.8 Å². The third-order valence-electron chi connectivity index (χ3n) is 1.21. The van der Waals surface area contributed by atoms with Crippen LogP contribution < -0.4 is 0 Å². The molecule has 0 aromatic rings. The van der Waals surface area contributed by atoms with E-state index < -0.39 is 0 Å². The summed E-state index contributed by atoms with van der Waals surface area (Å²) in [5.41, 5.74) is 1.22. The van der Waals surface area contributed by atoms with Crippen molar-refractivity contribution in [3.05, 3.63) is 11.6 Å². The molecule has 0 radical (unpaired) electrons. The molecule has 0 N–H and O–H groups in total. The Morgan fingerprint density at radius 2 is 1.88 bits per heavy atom. The molecule has 0 aliphatic carbocycles. The van der Waals surface area contributed by atoms with E-state index >= 15 is 0 Å². The molecule has 0 aromatic heterocycles. The van der Waals surface area contributed by atoms with E-state index in [4.69, 9.17) is 0 Å². The van der Waals surface area contributed by atoms with Crippen LogP contribution >= 0.6 is 0 Å². The molecule has 1 nitrogen and oxygen atoms in total. The second kappa shape index (κ2) is 4.57. The van der Waals surface area contributed by atoms with Gasteiger partial charge in [-0.15, -0.1) is 0 Å². The Hall–Kier alpha value is -0.590. The maximum atomic E-state index is 9.86. The predicted octanol–water partition coefficient (Wildman–Crippen LogP) is 1.93. The van der Waals surface area contributed by atoms with Crippen molar-refractivity contribution in [2.75, 3.05) is 0 Å². The summed E-state index contributed by atoms with van der Waals surface area (Å²) in [6.07, 6.45) is 4.48. The molecule has 0 saturated heterocycles. The molecule has 0 rings (SSSR count). The zero-order valence-electron chi connectivity index (χ0n) is 5.48. The third kappa shape index (κ3) is 2.56. The molecule has 0 heterocycles. The molecule has 0 spiro atoms. The molecule has 46 valence electrons. The summed E-state index contributed by atoms with van der Waals surface area (Å²) in [7, 11) is 0. The molecule has 0 unspecified atom stereocenters. The summed E-state index contributed by atoms with van der Waals surface area (Å²) in [5.74, 6) is 0. The first-order valence-electron chi connectivity index (χ1n) is 2.98. The number of hydrogen-bond acceptors (Lipinski definition) is 1. The highest BCUT2D eigenvalue weighted by molar-refractivity contribution is 5.65. The van der Waals surface area contributed by atoms with Crippen LogP contribution in [0.1, 0.15) is 26.7 Å². The number of rotatable bonds is 3. The van der Waals surface area contributed by atoms with Crippen molar-refractivity contribution in [2.45, 2.75) is 26.7 Å². The van der Waals surface area contributed by atoms with E-state index in [1.807, 2.05) is 0 Å². The maximum absolute atomic E-state index is 9.86. The molecule has 0 aliphatic heterocycles. The van der Waals surface area contributed by atoms with E-state index in [1.165, 1.54) is 5.57 Å². The Bertz CT molecular complexity index is 86.6. The van der Waals surface area contributed by atoms with Crippen molar-refractivity contribution >= 4 is 6.29 Å². The number of aldehydes is 1. The van der Waals surface area contributed by atoms with E-state index in [1.54, 1.807) is 6.08 Å². The van der Waals surface area contributed by atoms with Crippen LogP contribution in [0.2, 0.25) is 0 Å². The van der Waals surface area contributed by atoms with Crippen molar-refractivity contribution in [1.29, 1.82) is 0 Å². The van der Waals surface area contributed by atoms with Gasteiger partial charge >= 0.3 is 0 Å². The summed E-state index contributed by atoms with van der Waals surface area (Å²) in [6, 6.07) is 0. The van der Waals surface area contributed by atoms with Crippen LogP contribution in [-0.4, -0.2) is 6.29 Å². The Balaban J connectivity index is 3.66. The first-order valence-corrected chi connectivity index (χ1v) is 2.98. The first-order chi connectivity index (χ1) is 3.85. The predicted molar refractivity (Wildman–Crippen MR) is 34.7 cm³/mol. The van der Waals surface area contributed by atoms with E-state index in [-0.39, 0.29) is 0 Å². The molecule has 0 aliphatic rings. The van der Waals surface area contributed by atoms with Gasteiger partial charge in [0.15, 0.2) is 0 Å². The molecular weight excluding hydrogens is 100 g/mol. The van der Waals surface area contributed by atoms with Gasteiger partial charge in [0, 0.05) is 0 Å². The molecular formula is C7H12O. The lowest BCUT2D eigenvalue weighted by Crippen LogP contribution is -1.76. The third-order valence-corrected chi connectivity index (χ3v) is 1.21. The van der Waals surface area contributed by atoms with Crippen molar-refractivity contribution in [2.24, 2.45) is 0 Å². The van der Waals surface area contributed by atoms with Crippen molar-refractivity contribution < 1.29 is 4.79 Å². The molecule has 0 bridgehead atoms. The van der Waals surface area contributed by atoms with Gasteiger partial charge in [-0.1, -0.05) is 19.4 Å². The van der Waals surface area contributed by atoms with Gasteiger partial charge in [0.2, 0.25) is 0 Å². The van der Waals surface area contributed by atoms with Gasteiger partial charge in [-0.2, -0.15) is 0 Å². The average molecular weight is 112 g/mol. The number of hydrogen-bond donors (Lipinski definition) is 0. The van der Waals surface area contributed by atoms with Gasteiger partial charge in [0.25, 0.3) is 0 Å². The monoisotopic (exact) mass is 112 g/mol. The average Bonchev–Trinajstić information content (AvgIpc) is 1.83. The second-order valence-corrected chi connectivity index (χ2v) is 1.67. The molecule has 8 heavy (non-hydrogen) atoms. The van der Waals surface area contributed by atoms with Gasteiger partial charge in [-0.3, -0.25) is 4.79 Å². The summed E-state index contributed by atoms with van der Waals surface area (Å²) in [6.45, 7) is 4.11. The van der Waals surface area contributed by atoms with Gasteiger partial charge in [-0.05, 0) is 18.9 Å². The summed E-state index contributed by atoms with van der Waals surface area (Å²) in [5, 5.41) is 0. The zero-order valence-corrected chi connectivity index (χ0v) is 5.48. The molecule has 1 heteroatoms. The summed E-state index contributed by atoms with van der Waals surface area (Å²) in [4.78, 5) is 9.86.